The first-order valence-corrected chi connectivity index (χ1v) is 7.71. The number of hydrogen-bond acceptors (Lipinski definition) is 1. The van der Waals surface area contributed by atoms with Gasteiger partial charge in [0.05, 0.1) is 11.2 Å². The van der Waals surface area contributed by atoms with E-state index in [1.807, 2.05) is 30.5 Å². The van der Waals surface area contributed by atoms with E-state index in [0.717, 1.165) is 29.2 Å². The minimum absolute atomic E-state index is 0. The number of nitrogens with zero attached hydrogens (tertiary/aromatic N) is 2. The number of halogens is 2. The van der Waals surface area contributed by atoms with Crippen molar-refractivity contribution in [2.45, 2.75) is 33.7 Å². The third kappa shape index (κ3) is 2.73. The Kier molecular flexibility index (Phi) is 5.15. The number of benzene rings is 1. The van der Waals surface area contributed by atoms with Crippen LogP contribution in [0.15, 0.2) is 36.5 Å². The van der Waals surface area contributed by atoms with Crippen LogP contribution >= 0.6 is 24.0 Å². The van der Waals surface area contributed by atoms with E-state index in [9.17, 15) is 0 Å². The lowest BCUT2D eigenvalue weighted by molar-refractivity contribution is 0.683. The van der Waals surface area contributed by atoms with Gasteiger partial charge in [0, 0.05) is 34.4 Å². The fourth-order valence-corrected chi connectivity index (χ4v) is 3.04. The summed E-state index contributed by atoms with van der Waals surface area (Å²) in [5, 5.41) is 2.04. The largest absolute Gasteiger partial charge is 0.343 e. The van der Waals surface area contributed by atoms with Gasteiger partial charge in [-0.25, -0.2) is 0 Å². The van der Waals surface area contributed by atoms with Crippen LogP contribution in [0.3, 0.4) is 0 Å². The molecule has 0 amide bonds. The Morgan fingerprint density at radius 3 is 2.41 bits per heavy atom. The molecule has 3 rings (SSSR count). The minimum Gasteiger partial charge on any atom is -0.343 e. The molecule has 2 nitrogen and oxygen atoms in total. The van der Waals surface area contributed by atoms with Crippen LogP contribution in [0.4, 0.5) is 0 Å². The van der Waals surface area contributed by atoms with Crippen molar-refractivity contribution >= 4 is 34.9 Å². The van der Waals surface area contributed by atoms with Crippen molar-refractivity contribution in [1.82, 2.24) is 9.55 Å². The van der Waals surface area contributed by atoms with Crippen molar-refractivity contribution in [2.75, 3.05) is 0 Å². The first-order valence-electron chi connectivity index (χ1n) is 7.33. The summed E-state index contributed by atoms with van der Waals surface area (Å²) in [6.07, 6.45) is 3.01. The monoisotopic (exact) mass is 334 g/mol. The molecule has 1 aromatic carbocycles. The van der Waals surface area contributed by atoms with E-state index in [4.69, 9.17) is 11.6 Å². The van der Waals surface area contributed by atoms with Gasteiger partial charge in [-0.2, -0.15) is 0 Å². The molecule has 116 valence electrons. The van der Waals surface area contributed by atoms with Gasteiger partial charge >= 0.3 is 0 Å². The molecule has 3 aromatic rings. The van der Waals surface area contributed by atoms with Gasteiger partial charge in [0.15, 0.2) is 0 Å². The summed E-state index contributed by atoms with van der Waals surface area (Å²) in [6, 6.07) is 10.0. The van der Waals surface area contributed by atoms with Crippen molar-refractivity contribution in [3.05, 3.63) is 52.8 Å². The molecule has 4 heteroatoms. The van der Waals surface area contributed by atoms with Crippen LogP contribution in [0.5, 0.6) is 0 Å². The van der Waals surface area contributed by atoms with Crippen LogP contribution in [0.2, 0.25) is 5.02 Å². The summed E-state index contributed by atoms with van der Waals surface area (Å²) in [5.74, 6) is 0. The quantitative estimate of drug-likeness (QED) is 0.591. The number of pyridine rings is 1. The van der Waals surface area contributed by atoms with E-state index in [2.05, 4.69) is 36.4 Å². The maximum Gasteiger partial charge on any atom is 0.0944 e. The van der Waals surface area contributed by atoms with E-state index in [1.54, 1.807) is 0 Å². The Morgan fingerprint density at radius 1 is 1.09 bits per heavy atom. The summed E-state index contributed by atoms with van der Waals surface area (Å²) in [5.41, 5.74) is 6.05. The smallest absolute Gasteiger partial charge is 0.0944 e. The molecule has 0 aliphatic heterocycles. The van der Waals surface area contributed by atoms with Gasteiger partial charge < -0.3 is 4.57 Å². The van der Waals surface area contributed by atoms with Crippen molar-refractivity contribution < 1.29 is 0 Å². The molecule has 0 spiro atoms. The highest BCUT2D eigenvalue weighted by Crippen LogP contribution is 2.32. The summed E-state index contributed by atoms with van der Waals surface area (Å²) < 4.78 is 2.39. The Labute approximate surface area is 142 Å². The normalized spacial score (nSPS) is 10.7. The van der Waals surface area contributed by atoms with Crippen molar-refractivity contribution in [3.63, 3.8) is 0 Å². The standard InChI is InChI=1S/C18H19ClN2.ClH/c1-4-11-21-13(3)12(2)16-9-10-20-17(18(16)21)14-5-7-15(19)8-6-14;/h5-10H,4,11H2,1-3H3;1H. The Morgan fingerprint density at radius 2 is 1.77 bits per heavy atom. The third-order valence-corrected chi connectivity index (χ3v) is 4.36. The van der Waals surface area contributed by atoms with Crippen LogP contribution in [-0.2, 0) is 6.54 Å². The zero-order chi connectivity index (χ0) is 15.0. The lowest BCUT2D eigenvalue weighted by atomic mass is 10.1. The van der Waals surface area contributed by atoms with Gasteiger partial charge in [0.1, 0.15) is 0 Å². The highest BCUT2D eigenvalue weighted by Gasteiger charge is 2.15. The van der Waals surface area contributed by atoms with Gasteiger partial charge in [-0.05, 0) is 44.0 Å². The van der Waals surface area contributed by atoms with E-state index >= 15 is 0 Å². The predicted molar refractivity (Wildman–Crippen MR) is 97.2 cm³/mol. The van der Waals surface area contributed by atoms with Gasteiger partial charge in [0.2, 0.25) is 0 Å². The summed E-state index contributed by atoms with van der Waals surface area (Å²) >= 11 is 6.00. The molecule has 0 aliphatic carbocycles. The van der Waals surface area contributed by atoms with Gasteiger partial charge in [0.25, 0.3) is 0 Å². The number of hydrogen-bond donors (Lipinski definition) is 0. The SMILES string of the molecule is CCCn1c(C)c(C)c2ccnc(-c3ccc(Cl)cc3)c21.Cl. The van der Waals surface area contributed by atoms with Crippen LogP contribution in [0.1, 0.15) is 24.6 Å². The first-order chi connectivity index (χ1) is 10.1. The molecule has 0 fully saturated rings. The van der Waals surface area contributed by atoms with Crippen LogP contribution < -0.4 is 0 Å². The molecule has 0 bridgehead atoms. The molecule has 22 heavy (non-hydrogen) atoms. The molecular weight excluding hydrogens is 315 g/mol. The second-order valence-corrected chi connectivity index (χ2v) is 5.86. The second-order valence-electron chi connectivity index (χ2n) is 5.42. The topological polar surface area (TPSA) is 17.8 Å². The molecule has 2 aromatic heterocycles. The number of rotatable bonds is 3. The second kappa shape index (κ2) is 6.72. The minimum atomic E-state index is 0. The zero-order valence-electron chi connectivity index (χ0n) is 13.1. The van der Waals surface area contributed by atoms with Crippen LogP contribution in [0.25, 0.3) is 22.2 Å². The van der Waals surface area contributed by atoms with E-state index in [1.165, 1.54) is 22.2 Å². The van der Waals surface area contributed by atoms with Crippen LogP contribution in [-0.4, -0.2) is 9.55 Å². The number of fused-ring (bicyclic) bond motifs is 1. The number of aryl methyl sites for hydroxylation is 2. The Bertz CT molecular complexity index is 789. The van der Waals surface area contributed by atoms with E-state index in [0.29, 0.717) is 0 Å². The molecule has 0 atom stereocenters. The first kappa shape index (κ1) is 16.9. The van der Waals surface area contributed by atoms with Crippen molar-refractivity contribution in [3.8, 4) is 11.3 Å². The fraction of sp³-hybridized carbons (Fsp3) is 0.278. The van der Waals surface area contributed by atoms with Gasteiger partial charge in [-0.1, -0.05) is 30.7 Å². The van der Waals surface area contributed by atoms with Gasteiger partial charge in [-0.3, -0.25) is 4.98 Å². The molecule has 0 aliphatic rings. The Balaban J connectivity index is 0.00000176. The third-order valence-electron chi connectivity index (χ3n) is 4.11. The number of aromatic nitrogens is 2. The molecule has 0 N–H and O–H groups in total. The van der Waals surface area contributed by atoms with E-state index < -0.39 is 0 Å². The Hall–Kier alpha value is -1.51. The average Bonchev–Trinajstić information content (AvgIpc) is 2.74. The average molecular weight is 335 g/mol. The molecule has 2 heterocycles. The summed E-state index contributed by atoms with van der Waals surface area (Å²) in [6.45, 7) is 7.60. The lowest BCUT2D eigenvalue weighted by Crippen LogP contribution is -2.01. The maximum absolute atomic E-state index is 6.00. The van der Waals surface area contributed by atoms with E-state index in [-0.39, 0.29) is 12.4 Å². The maximum atomic E-state index is 6.00. The zero-order valence-corrected chi connectivity index (χ0v) is 14.6. The van der Waals surface area contributed by atoms with Crippen LogP contribution in [0, 0.1) is 13.8 Å². The summed E-state index contributed by atoms with van der Waals surface area (Å²) in [4.78, 5) is 4.64. The molecule has 0 unspecified atom stereocenters. The fourth-order valence-electron chi connectivity index (χ4n) is 2.92. The molecule has 0 radical (unpaired) electrons. The molecule has 0 saturated carbocycles. The van der Waals surface area contributed by atoms with Gasteiger partial charge in [-0.15, -0.1) is 12.4 Å². The predicted octanol–water partition coefficient (Wildman–Crippen LogP) is 5.81. The highest BCUT2D eigenvalue weighted by molar-refractivity contribution is 6.30. The molecule has 0 saturated heterocycles. The van der Waals surface area contributed by atoms with Crippen molar-refractivity contribution in [1.29, 1.82) is 0 Å². The van der Waals surface area contributed by atoms with Crippen molar-refractivity contribution in [2.24, 2.45) is 0 Å². The highest BCUT2D eigenvalue weighted by atomic mass is 35.5. The molecular formula is C18H20Cl2N2. The lowest BCUT2D eigenvalue weighted by Gasteiger charge is -2.10. The summed E-state index contributed by atoms with van der Waals surface area (Å²) in [7, 11) is 0.